The van der Waals surface area contributed by atoms with Gasteiger partial charge in [0.25, 0.3) is 0 Å². The molecule has 0 fully saturated rings. The highest BCUT2D eigenvalue weighted by molar-refractivity contribution is 6.26. The van der Waals surface area contributed by atoms with Gasteiger partial charge in [-0.05, 0) is 133 Å². The van der Waals surface area contributed by atoms with Crippen LogP contribution in [0, 0.1) is 17.9 Å². The van der Waals surface area contributed by atoms with Gasteiger partial charge in [-0.15, -0.1) is 0 Å². The lowest BCUT2D eigenvalue weighted by molar-refractivity contribution is 0.672. The Morgan fingerprint density at radius 2 is 0.789 bits per heavy atom. The summed E-state index contributed by atoms with van der Waals surface area (Å²) in [5, 5.41) is 19.2. The van der Waals surface area contributed by atoms with E-state index in [1.54, 1.807) is 6.07 Å². The molecule has 0 aliphatic heterocycles. The minimum atomic E-state index is 0.343. The Balaban J connectivity index is 1.07. The summed E-state index contributed by atoms with van der Waals surface area (Å²) < 4.78 is 18.3. The van der Waals surface area contributed by atoms with Gasteiger partial charge >= 0.3 is 0 Å². The summed E-state index contributed by atoms with van der Waals surface area (Å²) in [5.41, 5.74) is 14.5. The third-order valence-electron chi connectivity index (χ3n) is 14.9. The quantitative estimate of drug-likeness (QED) is 0.142. The number of fused-ring (bicyclic) bond motifs is 14. The summed E-state index contributed by atoms with van der Waals surface area (Å²) in [6, 6.07) is 85.8. The molecule has 0 aliphatic rings. The van der Waals surface area contributed by atoms with E-state index >= 15 is 0 Å². The molecule has 0 bridgehead atoms. The second kappa shape index (κ2) is 16.9. The zero-order valence-corrected chi connectivity index (χ0v) is 40.6. The number of nitriles is 1. The number of hydrogen-bond donors (Lipinski definition) is 0. The molecule has 0 unspecified atom stereocenters. The molecule has 0 radical (unpaired) electrons. The van der Waals surface area contributed by atoms with Gasteiger partial charge in [0.2, 0.25) is 0 Å². The third kappa shape index (κ3) is 6.42. The van der Waals surface area contributed by atoms with E-state index in [1.165, 1.54) is 0 Å². The first-order chi connectivity index (χ1) is 37.6. The average Bonchev–Trinajstić information content (AvgIpc) is 4.24. The fraction of sp³-hybridized carbons (Fsp3) is 0. The van der Waals surface area contributed by atoms with Crippen LogP contribution in [0.4, 0.5) is 39.8 Å². The molecule has 0 N–H and O–H groups in total. The third-order valence-corrected chi connectivity index (χ3v) is 14.9. The molecule has 354 valence electrons. The van der Waals surface area contributed by atoms with Crippen LogP contribution in [0.2, 0.25) is 0 Å². The van der Waals surface area contributed by atoms with Gasteiger partial charge in [0, 0.05) is 66.4 Å². The SMILES string of the molecule is [C-]#[N+]c1cc(C#N)c(-n2c3ccc(N(c4ccccc4)c4ccccc4)cc3c3c4oc5ccccc5c4ccc32)c(-n2c3ccc(N(c4ccccc4)c4ccccc4)cc3c3c4oc5ccccc5c4ccc32)c1. The van der Waals surface area contributed by atoms with Crippen LogP contribution in [0.5, 0.6) is 0 Å². The van der Waals surface area contributed by atoms with Gasteiger partial charge in [-0.25, -0.2) is 4.85 Å². The first-order valence-corrected chi connectivity index (χ1v) is 25.2. The summed E-state index contributed by atoms with van der Waals surface area (Å²) >= 11 is 0. The number of hydrogen-bond acceptors (Lipinski definition) is 5. The standard InChI is InChI=1S/C68H40N6O2/c1-70-44-38-43(42-69)66(74-58-35-31-50(72(47-22-10-4-11-23-47)48-24-12-5-13-25-48)41-56(58)65-60(74)37-33-54-52-27-15-17-29-63(52)76-68(54)65)61(39-44)73-57-34-30-49(71(45-18-6-2-7-19-45)46-20-8-3-9-21-46)40-55(57)64-59(73)36-32-53-51-26-14-16-28-62(51)75-67(53)64/h2-41H. The highest BCUT2D eigenvalue weighted by atomic mass is 16.3. The molecule has 0 saturated carbocycles. The lowest BCUT2D eigenvalue weighted by Crippen LogP contribution is -2.10. The number of benzene rings is 11. The number of nitrogens with zero attached hydrogens (tertiary/aromatic N) is 6. The van der Waals surface area contributed by atoms with Crippen molar-refractivity contribution in [2.45, 2.75) is 0 Å². The van der Waals surface area contributed by atoms with Crippen LogP contribution in [0.25, 0.3) is 104 Å². The predicted octanol–water partition coefficient (Wildman–Crippen LogP) is 19.0. The van der Waals surface area contributed by atoms with Gasteiger partial charge in [-0.1, -0.05) is 109 Å². The molecule has 4 aromatic heterocycles. The lowest BCUT2D eigenvalue weighted by Gasteiger charge is -2.26. The fourth-order valence-electron chi connectivity index (χ4n) is 11.7. The number of furan rings is 2. The van der Waals surface area contributed by atoms with Gasteiger partial charge in [-0.2, -0.15) is 5.26 Å². The number of aromatic nitrogens is 2. The van der Waals surface area contributed by atoms with E-state index in [-0.39, 0.29) is 0 Å². The molecule has 0 aliphatic carbocycles. The topological polar surface area (TPSA) is 70.8 Å². The Bertz CT molecular complexity index is 4820. The maximum Gasteiger partial charge on any atom is 0.190 e. The molecule has 8 heteroatoms. The van der Waals surface area contributed by atoms with Crippen molar-refractivity contribution in [2.24, 2.45) is 0 Å². The molecular formula is C68H40N6O2. The van der Waals surface area contributed by atoms with Crippen molar-refractivity contribution in [3.63, 3.8) is 0 Å². The van der Waals surface area contributed by atoms with Crippen LogP contribution in [0.3, 0.4) is 0 Å². The summed E-state index contributed by atoms with van der Waals surface area (Å²) in [7, 11) is 0. The molecule has 11 aromatic carbocycles. The Kier molecular flexibility index (Phi) is 9.52. The van der Waals surface area contributed by atoms with Gasteiger partial charge < -0.3 is 27.8 Å². The Hall–Kier alpha value is -10.8. The predicted molar refractivity (Wildman–Crippen MR) is 310 cm³/mol. The van der Waals surface area contributed by atoms with E-state index in [2.05, 4.69) is 200 Å². The second-order valence-corrected chi connectivity index (χ2v) is 19.0. The summed E-state index contributed by atoms with van der Waals surface area (Å²) in [4.78, 5) is 8.55. The monoisotopic (exact) mass is 972 g/mol. The molecule has 15 aromatic rings. The van der Waals surface area contributed by atoms with Crippen molar-refractivity contribution in [1.82, 2.24) is 9.13 Å². The van der Waals surface area contributed by atoms with Crippen molar-refractivity contribution in [2.75, 3.05) is 9.80 Å². The van der Waals surface area contributed by atoms with Crippen LogP contribution < -0.4 is 9.80 Å². The number of para-hydroxylation sites is 6. The van der Waals surface area contributed by atoms with E-state index in [0.717, 1.165) is 122 Å². The molecule has 8 nitrogen and oxygen atoms in total. The summed E-state index contributed by atoms with van der Waals surface area (Å²) in [5.74, 6) is 0. The zero-order valence-electron chi connectivity index (χ0n) is 40.6. The maximum atomic E-state index is 11.5. The minimum Gasteiger partial charge on any atom is -0.455 e. The van der Waals surface area contributed by atoms with E-state index in [4.69, 9.17) is 15.4 Å². The highest BCUT2D eigenvalue weighted by Crippen LogP contribution is 2.49. The van der Waals surface area contributed by atoms with Crippen molar-refractivity contribution in [3.05, 3.63) is 260 Å². The fourth-order valence-corrected chi connectivity index (χ4v) is 11.7. The largest absolute Gasteiger partial charge is 0.455 e. The van der Waals surface area contributed by atoms with E-state index in [0.29, 0.717) is 22.6 Å². The maximum absolute atomic E-state index is 11.5. The molecule has 0 spiro atoms. The normalized spacial score (nSPS) is 11.7. The lowest BCUT2D eigenvalue weighted by atomic mass is 10.1. The van der Waals surface area contributed by atoms with Gasteiger partial charge in [0.15, 0.2) is 5.69 Å². The Morgan fingerprint density at radius 3 is 1.24 bits per heavy atom. The highest BCUT2D eigenvalue weighted by Gasteiger charge is 2.28. The molecule has 15 rings (SSSR count). The molecule has 0 atom stereocenters. The average molecular weight is 973 g/mol. The van der Waals surface area contributed by atoms with Crippen molar-refractivity contribution in [3.8, 4) is 17.4 Å². The van der Waals surface area contributed by atoms with E-state index in [1.807, 2.05) is 66.7 Å². The molecule has 0 amide bonds. The number of rotatable bonds is 8. The molecule has 4 heterocycles. The first-order valence-electron chi connectivity index (χ1n) is 25.2. The van der Waals surface area contributed by atoms with Crippen LogP contribution in [-0.4, -0.2) is 9.13 Å². The van der Waals surface area contributed by atoms with Crippen molar-refractivity contribution < 1.29 is 8.83 Å². The van der Waals surface area contributed by atoms with E-state index in [9.17, 15) is 5.26 Å². The van der Waals surface area contributed by atoms with Crippen LogP contribution >= 0.6 is 0 Å². The Labute approximate surface area is 435 Å². The van der Waals surface area contributed by atoms with Gasteiger partial charge in [-0.3, -0.25) is 0 Å². The minimum absolute atomic E-state index is 0.343. The van der Waals surface area contributed by atoms with Crippen LogP contribution in [-0.2, 0) is 0 Å². The van der Waals surface area contributed by atoms with Crippen molar-refractivity contribution in [1.29, 1.82) is 5.26 Å². The number of anilines is 6. The van der Waals surface area contributed by atoms with Crippen molar-refractivity contribution >= 4 is 127 Å². The first kappa shape index (κ1) is 42.8. The Morgan fingerprint density at radius 1 is 0.382 bits per heavy atom. The summed E-state index contributed by atoms with van der Waals surface area (Å²) in [6.07, 6.45) is 0. The summed E-state index contributed by atoms with van der Waals surface area (Å²) in [6.45, 7) is 8.49. The van der Waals surface area contributed by atoms with Crippen LogP contribution in [0.15, 0.2) is 251 Å². The van der Waals surface area contributed by atoms with Gasteiger partial charge in [0.1, 0.15) is 28.4 Å². The second-order valence-electron chi connectivity index (χ2n) is 19.0. The smallest absolute Gasteiger partial charge is 0.190 e. The zero-order chi connectivity index (χ0) is 50.4. The molecular weight excluding hydrogens is 933 g/mol. The van der Waals surface area contributed by atoms with Crippen LogP contribution in [0.1, 0.15) is 5.56 Å². The molecule has 76 heavy (non-hydrogen) atoms. The van der Waals surface area contributed by atoms with Gasteiger partial charge in [0.05, 0.1) is 56.3 Å². The van der Waals surface area contributed by atoms with E-state index < -0.39 is 0 Å². The molecule has 0 saturated heterocycles.